The molecule has 2 heterocycles. The van der Waals surface area contributed by atoms with Gasteiger partial charge in [-0.3, -0.25) is 9.00 Å². The molecule has 6 nitrogen and oxygen atoms in total. The van der Waals surface area contributed by atoms with E-state index in [4.69, 9.17) is 4.98 Å². The zero-order valence-corrected chi connectivity index (χ0v) is 23.8. The Kier molecular flexibility index (Phi) is 8.24. The monoisotopic (exact) mass is 550 g/mol. The van der Waals surface area contributed by atoms with Crippen LogP contribution in [-0.4, -0.2) is 24.2 Å². The lowest BCUT2D eigenvalue weighted by Crippen LogP contribution is -2.33. The molecule has 0 fully saturated rings. The molecule has 0 saturated heterocycles. The number of benzene rings is 3. The lowest BCUT2D eigenvalue weighted by molar-refractivity contribution is 0.100. The van der Waals surface area contributed by atoms with Gasteiger partial charge in [-0.2, -0.15) is 0 Å². The number of aryl methyl sites for hydroxylation is 3. The van der Waals surface area contributed by atoms with Crippen molar-refractivity contribution in [2.24, 2.45) is 0 Å². The van der Waals surface area contributed by atoms with E-state index in [1.54, 1.807) is 42.5 Å². The number of anilines is 1. The molecule has 1 atom stereocenters. The molecule has 0 N–H and O–H groups in total. The lowest BCUT2D eigenvalue weighted by atomic mass is 10.0. The van der Waals surface area contributed by atoms with Crippen LogP contribution in [0.2, 0.25) is 0 Å². The van der Waals surface area contributed by atoms with Crippen molar-refractivity contribution in [3.8, 4) is 11.1 Å². The summed E-state index contributed by atoms with van der Waals surface area (Å²) in [5.74, 6) is -0.602. The van der Waals surface area contributed by atoms with Gasteiger partial charge in [-0.1, -0.05) is 74.0 Å². The van der Waals surface area contributed by atoms with Crippen LogP contribution in [0.5, 0.6) is 0 Å². The zero-order chi connectivity index (χ0) is 28.2. The molecule has 5 rings (SSSR count). The summed E-state index contributed by atoms with van der Waals surface area (Å²) >= 11 is -2.79. The molecule has 1 unspecified atom stereocenters. The third-order valence-corrected chi connectivity index (χ3v) is 7.82. The maximum absolute atomic E-state index is 13.2. The van der Waals surface area contributed by atoms with Crippen LogP contribution in [0, 0.1) is 13.8 Å². The summed E-state index contributed by atoms with van der Waals surface area (Å²) < 4.78 is 27.7. The highest BCUT2D eigenvalue weighted by molar-refractivity contribution is 7.81. The molecule has 0 saturated carbocycles. The first-order valence-corrected chi connectivity index (χ1v) is 14.5. The van der Waals surface area contributed by atoms with Crippen LogP contribution in [0.1, 0.15) is 52.6 Å². The number of aromatic nitrogens is 2. The number of pyridine rings is 1. The highest BCUT2D eigenvalue weighted by Crippen LogP contribution is 2.33. The van der Waals surface area contributed by atoms with Crippen molar-refractivity contribution in [2.45, 2.75) is 46.6 Å². The fourth-order valence-corrected chi connectivity index (χ4v) is 5.72. The van der Waals surface area contributed by atoms with Crippen LogP contribution >= 0.6 is 0 Å². The van der Waals surface area contributed by atoms with Crippen LogP contribution in [0.3, 0.4) is 0 Å². The molecule has 0 bridgehead atoms. The molecule has 0 aliphatic carbocycles. The Morgan fingerprint density at radius 1 is 0.950 bits per heavy atom. The molecule has 204 valence electrons. The Hall–Kier alpha value is -4.07. The number of unbranched alkanes of at least 4 members (excludes halogenated alkanes) is 1. The van der Waals surface area contributed by atoms with Gasteiger partial charge in [0.2, 0.25) is 0 Å². The average Bonchev–Trinajstić information content (AvgIpc) is 3.30. The predicted octanol–water partition coefficient (Wildman–Crippen LogP) is 7.15. The number of hydrogen-bond acceptors (Lipinski definition) is 4. The molecule has 0 radical (unpaired) electrons. The minimum atomic E-state index is -2.79. The largest absolute Gasteiger partial charge is 0.755 e. The van der Waals surface area contributed by atoms with E-state index in [0.717, 1.165) is 46.0 Å². The SMILES string of the molecule is CCCCc1cc2c(C)cc(C)nc2n1Cc1ccc(-c2ccccc2N(C(=O)c2ccccc2)S(=O)[O-])cc1. The summed E-state index contributed by atoms with van der Waals surface area (Å²) in [6.07, 6.45) is 3.23. The summed E-state index contributed by atoms with van der Waals surface area (Å²) in [6.45, 7) is 7.05. The van der Waals surface area contributed by atoms with Crippen molar-refractivity contribution in [2.75, 3.05) is 4.31 Å². The summed E-state index contributed by atoms with van der Waals surface area (Å²) in [7, 11) is 0. The Bertz CT molecular complexity index is 1680. The Morgan fingerprint density at radius 2 is 1.65 bits per heavy atom. The minimum Gasteiger partial charge on any atom is -0.755 e. The van der Waals surface area contributed by atoms with E-state index in [0.29, 0.717) is 23.4 Å². The summed E-state index contributed by atoms with van der Waals surface area (Å²) in [5, 5.41) is 1.19. The normalized spacial score (nSPS) is 12.0. The highest BCUT2D eigenvalue weighted by Gasteiger charge is 2.22. The molecule has 0 aliphatic rings. The number of nitrogens with zero attached hydrogens (tertiary/aromatic N) is 3. The number of para-hydroxylation sites is 1. The summed E-state index contributed by atoms with van der Waals surface area (Å²) in [4.78, 5) is 18.1. The maximum Gasteiger partial charge on any atom is 0.269 e. The van der Waals surface area contributed by atoms with Gasteiger partial charge in [0.15, 0.2) is 0 Å². The second-order valence-electron chi connectivity index (χ2n) is 10.0. The van der Waals surface area contributed by atoms with Crippen LogP contribution < -0.4 is 4.31 Å². The molecular formula is C33H32N3O3S-. The van der Waals surface area contributed by atoms with Gasteiger partial charge < -0.3 is 9.12 Å². The Labute approximate surface area is 237 Å². The molecule has 0 spiro atoms. The molecule has 7 heteroatoms. The number of rotatable bonds is 9. The molecule has 5 aromatic rings. The highest BCUT2D eigenvalue weighted by atomic mass is 32.2. The number of hydrogen-bond donors (Lipinski definition) is 0. The van der Waals surface area contributed by atoms with Crippen LogP contribution in [0.15, 0.2) is 91.0 Å². The summed E-state index contributed by atoms with van der Waals surface area (Å²) in [6, 6.07) is 28.0. The van der Waals surface area contributed by atoms with Gasteiger partial charge in [-0.15, -0.1) is 0 Å². The van der Waals surface area contributed by atoms with Gasteiger partial charge in [0.1, 0.15) is 5.65 Å². The average molecular weight is 551 g/mol. The third-order valence-electron chi connectivity index (χ3n) is 7.16. The second-order valence-corrected chi connectivity index (χ2v) is 10.8. The molecule has 0 aliphatic heterocycles. The third kappa shape index (κ3) is 5.62. The van der Waals surface area contributed by atoms with E-state index in [2.05, 4.69) is 42.7 Å². The molecule has 1 amide bonds. The van der Waals surface area contributed by atoms with Crippen LogP contribution in [-0.2, 0) is 24.2 Å². The van der Waals surface area contributed by atoms with Gasteiger partial charge >= 0.3 is 0 Å². The summed E-state index contributed by atoms with van der Waals surface area (Å²) in [5.41, 5.74) is 7.72. The van der Waals surface area contributed by atoms with Gasteiger partial charge in [-0.25, -0.2) is 9.29 Å². The van der Waals surface area contributed by atoms with Crippen molar-refractivity contribution in [3.63, 3.8) is 0 Å². The topological polar surface area (TPSA) is 78.3 Å². The first-order chi connectivity index (χ1) is 19.4. The first kappa shape index (κ1) is 27.5. The smallest absolute Gasteiger partial charge is 0.269 e. The van der Waals surface area contributed by atoms with Gasteiger partial charge in [-0.05, 0) is 73.7 Å². The number of fused-ring (bicyclic) bond motifs is 1. The van der Waals surface area contributed by atoms with E-state index in [1.165, 1.54) is 16.6 Å². The van der Waals surface area contributed by atoms with E-state index in [9.17, 15) is 13.6 Å². The van der Waals surface area contributed by atoms with Crippen molar-refractivity contribution >= 4 is 33.9 Å². The van der Waals surface area contributed by atoms with Crippen LogP contribution in [0.4, 0.5) is 5.69 Å². The predicted molar refractivity (Wildman–Crippen MR) is 161 cm³/mol. The van der Waals surface area contributed by atoms with Crippen molar-refractivity contribution < 1.29 is 13.6 Å². The molecular weight excluding hydrogens is 518 g/mol. The molecule has 40 heavy (non-hydrogen) atoms. The van der Waals surface area contributed by atoms with Gasteiger partial charge in [0.25, 0.3) is 5.91 Å². The minimum absolute atomic E-state index is 0.300. The fourth-order valence-electron chi connectivity index (χ4n) is 5.16. The van der Waals surface area contributed by atoms with Crippen molar-refractivity contribution in [1.29, 1.82) is 0 Å². The van der Waals surface area contributed by atoms with E-state index >= 15 is 0 Å². The maximum atomic E-state index is 13.2. The lowest BCUT2D eigenvalue weighted by Gasteiger charge is -2.26. The quantitative estimate of drug-likeness (QED) is 0.183. The Balaban J connectivity index is 1.49. The number of carbonyl (C=O) groups is 1. The fraction of sp³-hybridized carbons (Fsp3) is 0.212. The Morgan fingerprint density at radius 3 is 2.35 bits per heavy atom. The van der Waals surface area contributed by atoms with Crippen LogP contribution in [0.25, 0.3) is 22.2 Å². The number of carbonyl (C=O) groups excluding carboxylic acids is 1. The van der Waals surface area contributed by atoms with Gasteiger partial charge in [0.05, 0.1) is 17.0 Å². The number of amides is 1. The second kappa shape index (κ2) is 12.0. The zero-order valence-electron chi connectivity index (χ0n) is 23.0. The van der Waals surface area contributed by atoms with Crippen molar-refractivity contribution in [1.82, 2.24) is 9.55 Å². The standard InChI is InChI=1S/C33H33N3O3S/c1-4-5-13-28-21-30-23(2)20-24(3)34-32(30)35(28)22-25-16-18-26(19-17-25)29-14-9-10-15-31(29)36(40(38)39)33(37)27-11-7-6-8-12-27/h6-12,14-21H,4-5,13,22H2,1-3H3,(H,38,39)/p-1. The van der Waals surface area contributed by atoms with E-state index in [-0.39, 0.29) is 0 Å². The first-order valence-electron chi connectivity index (χ1n) is 13.5. The van der Waals surface area contributed by atoms with E-state index < -0.39 is 17.2 Å². The molecule has 3 aromatic carbocycles. The molecule has 2 aromatic heterocycles. The van der Waals surface area contributed by atoms with E-state index in [1.807, 2.05) is 31.2 Å². The van der Waals surface area contributed by atoms with Gasteiger partial charge in [0, 0.05) is 34.4 Å². The van der Waals surface area contributed by atoms with Crippen molar-refractivity contribution in [3.05, 3.63) is 119 Å².